The summed E-state index contributed by atoms with van der Waals surface area (Å²) < 4.78 is 13.4. The van der Waals surface area contributed by atoms with E-state index in [-0.39, 0.29) is 12.0 Å². The first-order valence-corrected chi connectivity index (χ1v) is 10.1. The molecule has 1 saturated heterocycles. The number of rotatable bonds is 6. The fourth-order valence-electron chi connectivity index (χ4n) is 3.89. The molecule has 2 heterocycles. The third-order valence-corrected chi connectivity index (χ3v) is 5.81. The number of aromatic nitrogens is 3. The number of nitrogens with zero attached hydrogens (tertiary/aromatic N) is 3. The first-order valence-electron chi connectivity index (χ1n) is 10.1. The van der Waals surface area contributed by atoms with Gasteiger partial charge in [0.15, 0.2) is 6.29 Å². The molecule has 0 radical (unpaired) electrons. The van der Waals surface area contributed by atoms with Crippen LogP contribution in [0.25, 0.3) is 16.5 Å². The van der Waals surface area contributed by atoms with Gasteiger partial charge in [0.2, 0.25) is 0 Å². The van der Waals surface area contributed by atoms with E-state index < -0.39 is 5.41 Å². The predicted molar refractivity (Wildman–Crippen MR) is 112 cm³/mol. The normalized spacial score (nSPS) is 23.2. The molecule has 1 aliphatic heterocycles. The lowest BCUT2D eigenvalue weighted by Crippen LogP contribution is -2.43. The number of hydrogen-bond acceptors (Lipinski definition) is 5. The maximum Gasteiger partial charge on any atom is 0.157 e. The second-order valence-electron chi connectivity index (χ2n) is 7.54. The Morgan fingerprint density at radius 3 is 2.59 bits per heavy atom. The van der Waals surface area contributed by atoms with E-state index in [9.17, 15) is 5.11 Å². The predicted octanol–water partition coefficient (Wildman–Crippen LogP) is 4.58. The van der Waals surface area contributed by atoms with Crippen LogP contribution < -0.4 is 0 Å². The van der Waals surface area contributed by atoms with Crippen molar-refractivity contribution in [3.8, 4) is 0 Å². The molecule has 1 N–H and O–H groups in total. The number of aliphatic hydroxyl groups excluding tert-OH is 1. The molecule has 0 aliphatic carbocycles. The average Bonchev–Trinajstić information content (AvgIpc) is 3.31. The van der Waals surface area contributed by atoms with Crippen molar-refractivity contribution in [3.05, 3.63) is 66.4 Å². The van der Waals surface area contributed by atoms with Crippen LogP contribution in [0.2, 0.25) is 0 Å². The lowest BCUT2D eigenvalue weighted by atomic mass is 9.82. The summed E-state index contributed by atoms with van der Waals surface area (Å²) in [5.74, 6) is 0.257. The largest absolute Gasteiger partial charge is 0.510 e. The van der Waals surface area contributed by atoms with Gasteiger partial charge in [0.25, 0.3) is 0 Å². The van der Waals surface area contributed by atoms with Crippen LogP contribution >= 0.6 is 0 Å². The van der Waals surface area contributed by atoms with Crippen LogP contribution in [-0.4, -0.2) is 39.4 Å². The summed E-state index contributed by atoms with van der Waals surface area (Å²) in [6.07, 6.45) is 4.90. The number of hydrogen-bond donors (Lipinski definition) is 1. The molecule has 29 heavy (non-hydrogen) atoms. The summed E-state index contributed by atoms with van der Waals surface area (Å²) in [5, 5.41) is 18.1. The molecule has 4 rings (SSSR count). The molecular weight excluding hydrogens is 366 g/mol. The molecule has 0 atom stereocenters. The van der Waals surface area contributed by atoms with E-state index >= 15 is 0 Å². The Kier molecular flexibility index (Phi) is 5.65. The summed E-state index contributed by atoms with van der Waals surface area (Å²) >= 11 is 0. The van der Waals surface area contributed by atoms with Gasteiger partial charge in [-0.05, 0) is 29.2 Å². The SMILES string of the molecule is CCC1OCC(CC)(/C(O)=C(/Cc2cccc3ccccc23)n2cncn2)CO1. The van der Waals surface area contributed by atoms with Crippen LogP contribution in [0.5, 0.6) is 0 Å². The van der Waals surface area contributed by atoms with Crippen LogP contribution in [0.15, 0.2) is 60.9 Å². The quantitative estimate of drug-likeness (QED) is 0.621. The van der Waals surface area contributed by atoms with Gasteiger partial charge in [-0.3, -0.25) is 0 Å². The summed E-state index contributed by atoms with van der Waals surface area (Å²) in [6.45, 7) is 4.91. The second-order valence-corrected chi connectivity index (χ2v) is 7.54. The molecule has 1 aliphatic rings. The fourth-order valence-corrected chi connectivity index (χ4v) is 3.89. The monoisotopic (exact) mass is 393 g/mol. The molecule has 152 valence electrons. The van der Waals surface area contributed by atoms with Crippen molar-refractivity contribution in [2.45, 2.75) is 39.4 Å². The highest BCUT2D eigenvalue weighted by atomic mass is 16.7. The van der Waals surface area contributed by atoms with Gasteiger partial charge < -0.3 is 14.6 Å². The Morgan fingerprint density at radius 2 is 1.90 bits per heavy atom. The van der Waals surface area contributed by atoms with Gasteiger partial charge in [0.1, 0.15) is 18.4 Å². The third kappa shape index (κ3) is 3.78. The van der Waals surface area contributed by atoms with E-state index in [1.54, 1.807) is 11.0 Å². The van der Waals surface area contributed by atoms with Crippen LogP contribution in [-0.2, 0) is 15.9 Å². The van der Waals surface area contributed by atoms with E-state index in [4.69, 9.17) is 9.47 Å². The Labute approximate surface area is 170 Å². The van der Waals surface area contributed by atoms with Gasteiger partial charge in [0, 0.05) is 6.42 Å². The molecule has 0 saturated carbocycles. The Hall–Kier alpha value is -2.70. The highest BCUT2D eigenvalue weighted by Gasteiger charge is 2.41. The summed E-state index contributed by atoms with van der Waals surface area (Å²) in [5.41, 5.74) is 1.22. The van der Waals surface area contributed by atoms with Crippen molar-refractivity contribution in [2.24, 2.45) is 5.41 Å². The highest BCUT2D eigenvalue weighted by Crippen LogP contribution is 2.38. The topological polar surface area (TPSA) is 69.4 Å². The molecule has 1 aromatic heterocycles. The minimum atomic E-state index is -0.600. The van der Waals surface area contributed by atoms with Gasteiger partial charge in [-0.15, -0.1) is 0 Å². The molecule has 0 spiro atoms. The minimum Gasteiger partial charge on any atom is -0.510 e. The third-order valence-electron chi connectivity index (χ3n) is 5.81. The van der Waals surface area contributed by atoms with E-state index in [0.717, 1.165) is 17.4 Å². The highest BCUT2D eigenvalue weighted by molar-refractivity contribution is 5.86. The fraction of sp³-hybridized carbons (Fsp3) is 0.391. The Bertz CT molecular complexity index is 984. The molecule has 3 aromatic rings. The molecule has 2 aromatic carbocycles. The Morgan fingerprint density at radius 1 is 1.14 bits per heavy atom. The van der Waals surface area contributed by atoms with Crippen molar-refractivity contribution >= 4 is 16.5 Å². The van der Waals surface area contributed by atoms with Crippen LogP contribution in [0, 0.1) is 5.41 Å². The van der Waals surface area contributed by atoms with Gasteiger partial charge in [0.05, 0.1) is 24.3 Å². The summed E-state index contributed by atoms with van der Waals surface area (Å²) in [4.78, 5) is 4.09. The summed E-state index contributed by atoms with van der Waals surface area (Å²) in [6, 6.07) is 14.5. The van der Waals surface area contributed by atoms with E-state index in [2.05, 4.69) is 34.3 Å². The number of allylic oxidation sites excluding steroid dienone is 1. The average molecular weight is 393 g/mol. The first-order chi connectivity index (χ1) is 14.2. The number of fused-ring (bicyclic) bond motifs is 1. The van der Waals surface area contributed by atoms with Crippen molar-refractivity contribution in [2.75, 3.05) is 13.2 Å². The van der Waals surface area contributed by atoms with Crippen LogP contribution in [0.4, 0.5) is 0 Å². The molecule has 0 unspecified atom stereocenters. The van der Waals surface area contributed by atoms with Gasteiger partial charge in [-0.1, -0.05) is 56.3 Å². The zero-order chi connectivity index (χ0) is 20.3. The maximum absolute atomic E-state index is 11.5. The standard InChI is InChI=1S/C23H27N3O3/c1-3-21-28-13-23(4-2,14-29-21)22(27)20(26-16-24-15-25-26)12-18-10-7-9-17-8-5-6-11-19(17)18/h5-11,15-16,21,27H,3-4,12-14H2,1-2H3/b22-20+. The van der Waals surface area contributed by atoms with E-state index in [1.165, 1.54) is 11.7 Å². The second kappa shape index (κ2) is 8.35. The minimum absolute atomic E-state index is 0.213. The lowest BCUT2D eigenvalue weighted by molar-refractivity contribution is -0.227. The van der Waals surface area contributed by atoms with Crippen molar-refractivity contribution in [1.29, 1.82) is 0 Å². The van der Waals surface area contributed by atoms with Crippen molar-refractivity contribution in [1.82, 2.24) is 14.8 Å². The van der Waals surface area contributed by atoms with E-state index in [1.807, 2.05) is 32.0 Å². The molecular formula is C23H27N3O3. The zero-order valence-corrected chi connectivity index (χ0v) is 16.9. The molecule has 6 nitrogen and oxygen atoms in total. The van der Waals surface area contributed by atoms with Crippen LogP contribution in [0.3, 0.4) is 0 Å². The van der Waals surface area contributed by atoms with Crippen molar-refractivity contribution in [3.63, 3.8) is 0 Å². The molecule has 0 bridgehead atoms. The van der Waals surface area contributed by atoms with Gasteiger partial charge in [-0.2, -0.15) is 5.10 Å². The number of aliphatic hydroxyl groups is 1. The van der Waals surface area contributed by atoms with E-state index in [0.29, 0.717) is 31.8 Å². The van der Waals surface area contributed by atoms with Crippen LogP contribution in [0.1, 0.15) is 32.3 Å². The van der Waals surface area contributed by atoms with Gasteiger partial charge in [-0.25, -0.2) is 9.67 Å². The Balaban J connectivity index is 1.78. The number of benzene rings is 2. The van der Waals surface area contributed by atoms with Crippen molar-refractivity contribution < 1.29 is 14.6 Å². The lowest BCUT2D eigenvalue weighted by Gasteiger charge is -2.39. The molecule has 6 heteroatoms. The zero-order valence-electron chi connectivity index (χ0n) is 16.9. The summed E-state index contributed by atoms with van der Waals surface area (Å²) in [7, 11) is 0. The first kappa shape index (κ1) is 19.6. The molecule has 0 amide bonds. The smallest absolute Gasteiger partial charge is 0.157 e. The van der Waals surface area contributed by atoms with Gasteiger partial charge >= 0.3 is 0 Å². The maximum atomic E-state index is 11.5. The number of ether oxygens (including phenoxy) is 2. The molecule has 1 fully saturated rings.